The number of hydrogen-bond acceptors (Lipinski definition) is 17. The maximum Gasteiger partial charge on any atom is 0.326 e. The number of nitrogens with one attached hydrogen (secondary N) is 5. The van der Waals surface area contributed by atoms with Gasteiger partial charge in [-0.15, -0.1) is 0 Å². The van der Waals surface area contributed by atoms with Gasteiger partial charge in [0, 0.05) is 53.7 Å². The zero-order chi connectivity index (χ0) is 89.1. The number of ketones is 5. The molecule has 8 aromatic rings. The van der Waals surface area contributed by atoms with E-state index in [0.29, 0.717) is 70.1 Å². The second-order valence-electron chi connectivity index (χ2n) is 28.1. The number of carbonyl (C=O) groups excluding carboxylic acids is 8. The Kier molecular flexibility index (Phi) is 52.1. The lowest BCUT2D eigenvalue weighted by Gasteiger charge is -2.23. The molecule has 8 unspecified atom stereocenters. The number of likely N-dealkylation sites (N-methyl/N-ethyl adjacent to an activating group) is 2. The van der Waals surface area contributed by atoms with Crippen LogP contribution in [0.5, 0.6) is 0 Å². The first-order valence-corrected chi connectivity index (χ1v) is 40.5. The predicted octanol–water partition coefficient (Wildman–Crippen LogP) is 13.0. The number of nitrogens with zero attached hydrogens (tertiary/aromatic N) is 1. The highest BCUT2D eigenvalue weighted by Gasteiger charge is 2.25. The molecule has 0 bridgehead atoms. The SMILES string of the molecule is CC(=O)C(Cc1ccccc1)N(C)C.CC(=O)C(N)Cc1ccc(Cl)c(Cl)c1.CC(=O)C(N)Cc1ccc(Cl)cc1Cl.CC(=O)C1Cc2ccccc2CN1.CCCC(=O)NC(Cc1ccc(Cl)cc1)C(=O)O.CCCC(=O)NC(Cc1ccccc1)C(=O)O.CNC(Cc1ccccc1)C(C)=O.NCC(=O)NC(Cc1ccccc1)C(=O)O. The molecule has 0 radical (unpaired) electrons. The number of fused-ring (bicyclic) bond motifs is 1. The van der Waals surface area contributed by atoms with Crippen molar-refractivity contribution in [1.29, 1.82) is 0 Å². The Bertz CT molecular complexity index is 4430. The van der Waals surface area contributed by atoms with Crippen LogP contribution in [0.3, 0.4) is 0 Å². The van der Waals surface area contributed by atoms with Crippen molar-refractivity contribution in [1.82, 2.24) is 31.5 Å². The maximum atomic E-state index is 11.4. The summed E-state index contributed by atoms with van der Waals surface area (Å²) in [6.45, 7) is 12.2. The van der Waals surface area contributed by atoms with Gasteiger partial charge >= 0.3 is 17.9 Å². The molecular weight excluding hydrogens is 1620 g/mol. The number of carboxylic acids is 3. The average Bonchev–Trinajstić information content (AvgIpc) is 0.631. The number of carbonyl (C=O) groups is 11. The van der Waals surface area contributed by atoms with Gasteiger partial charge in [0.05, 0.1) is 46.8 Å². The molecule has 8 atom stereocenters. The maximum absolute atomic E-state index is 11.4. The van der Waals surface area contributed by atoms with Gasteiger partial charge in [-0.3, -0.25) is 43.3 Å². The van der Waals surface area contributed by atoms with Crippen LogP contribution in [0.4, 0.5) is 0 Å². The molecule has 23 nitrogen and oxygen atoms in total. The molecule has 8 aromatic carbocycles. The van der Waals surface area contributed by atoms with E-state index >= 15 is 0 Å². The van der Waals surface area contributed by atoms with Gasteiger partial charge in [0.1, 0.15) is 47.0 Å². The molecule has 3 amide bonds. The fourth-order valence-electron chi connectivity index (χ4n) is 11.1. The highest BCUT2D eigenvalue weighted by Crippen LogP contribution is 2.25. The zero-order valence-electron chi connectivity index (χ0n) is 69.0. The molecule has 1 heterocycles. The van der Waals surface area contributed by atoms with Crippen molar-refractivity contribution in [3.63, 3.8) is 0 Å². The number of aliphatic carboxylic acids is 3. The first-order chi connectivity index (χ1) is 56.4. The van der Waals surface area contributed by atoms with Gasteiger partial charge in [-0.2, -0.15) is 0 Å². The van der Waals surface area contributed by atoms with Crippen molar-refractivity contribution in [3.8, 4) is 0 Å². The highest BCUT2D eigenvalue weighted by molar-refractivity contribution is 6.42. The quantitative estimate of drug-likeness (QED) is 0.0186. The minimum atomic E-state index is -1.06. The molecular formula is C91H114Cl5N9O14. The summed E-state index contributed by atoms with van der Waals surface area (Å²) >= 11 is 29.0. The van der Waals surface area contributed by atoms with E-state index in [1.165, 1.54) is 36.1 Å². The molecule has 0 spiro atoms. The molecule has 1 aliphatic heterocycles. The van der Waals surface area contributed by atoms with Crippen LogP contribution in [0.2, 0.25) is 25.1 Å². The van der Waals surface area contributed by atoms with Gasteiger partial charge in [0.2, 0.25) is 17.7 Å². The zero-order valence-corrected chi connectivity index (χ0v) is 72.8. The van der Waals surface area contributed by atoms with Gasteiger partial charge < -0.3 is 59.1 Å². The van der Waals surface area contributed by atoms with Gasteiger partial charge in [0.25, 0.3) is 0 Å². The second-order valence-corrected chi connectivity index (χ2v) is 30.1. The number of halogens is 5. The molecule has 119 heavy (non-hydrogen) atoms. The largest absolute Gasteiger partial charge is 0.480 e. The van der Waals surface area contributed by atoms with Crippen molar-refractivity contribution in [2.24, 2.45) is 17.2 Å². The van der Waals surface area contributed by atoms with Gasteiger partial charge in [-0.1, -0.05) is 242 Å². The lowest BCUT2D eigenvalue weighted by atomic mass is 9.94. The Morgan fingerprint density at radius 2 is 0.798 bits per heavy atom. The summed E-state index contributed by atoms with van der Waals surface area (Å²) in [6.07, 6.45) is 6.26. The van der Waals surface area contributed by atoms with E-state index in [1.54, 1.807) is 75.4 Å². The number of benzene rings is 8. The molecule has 0 aliphatic carbocycles. The second kappa shape index (κ2) is 58.9. The van der Waals surface area contributed by atoms with Crippen molar-refractivity contribution < 1.29 is 68.1 Å². The van der Waals surface area contributed by atoms with E-state index in [9.17, 15) is 52.7 Å². The Balaban J connectivity index is 0.000000462. The fraction of sp³-hybridized carbons (Fsp3) is 0.352. The summed E-state index contributed by atoms with van der Waals surface area (Å²) in [6, 6.07) is 60.4. The monoisotopic (exact) mass is 1730 g/mol. The lowest BCUT2D eigenvalue weighted by Crippen LogP contribution is -2.44. The number of carboxylic acid groups (broad SMARTS) is 3. The summed E-state index contributed by atoms with van der Waals surface area (Å²) < 4.78 is 0. The van der Waals surface area contributed by atoms with Gasteiger partial charge in [0.15, 0.2) is 0 Å². The predicted molar refractivity (Wildman–Crippen MR) is 474 cm³/mol. The third-order valence-electron chi connectivity index (χ3n) is 18.0. The molecule has 0 saturated carbocycles. The Morgan fingerprint density at radius 1 is 0.420 bits per heavy atom. The molecule has 14 N–H and O–H groups in total. The van der Waals surface area contributed by atoms with Crippen LogP contribution >= 0.6 is 58.0 Å². The number of hydrogen-bond donors (Lipinski definition) is 11. The van der Waals surface area contributed by atoms with Gasteiger partial charge in [-0.25, -0.2) is 14.4 Å². The summed E-state index contributed by atoms with van der Waals surface area (Å²) in [5.74, 6) is -3.46. The minimum Gasteiger partial charge on any atom is -0.480 e. The molecule has 9 rings (SSSR count). The average molecular weight is 1740 g/mol. The van der Waals surface area contributed by atoms with Crippen molar-refractivity contribution >= 4 is 123 Å². The fourth-order valence-corrected chi connectivity index (χ4v) is 12.0. The van der Waals surface area contributed by atoms with Gasteiger partial charge in [-0.05, 0) is 187 Å². The van der Waals surface area contributed by atoms with Crippen LogP contribution in [0, 0.1) is 0 Å². The van der Waals surface area contributed by atoms with E-state index in [-0.39, 0.29) is 78.2 Å². The molecule has 28 heteroatoms. The molecule has 0 saturated heterocycles. The van der Waals surface area contributed by atoms with E-state index in [1.807, 2.05) is 167 Å². The number of Topliss-reactive ketones (excluding diaryl/α,β-unsaturated/α-hetero) is 5. The van der Waals surface area contributed by atoms with Crippen LogP contribution in [-0.2, 0) is 111 Å². The first kappa shape index (κ1) is 105. The highest BCUT2D eigenvalue weighted by atomic mass is 35.5. The molecule has 642 valence electrons. The Hall–Kier alpha value is -9.86. The number of rotatable bonds is 32. The summed E-state index contributed by atoms with van der Waals surface area (Å²) in [5, 5.41) is 43.4. The van der Waals surface area contributed by atoms with Crippen molar-refractivity contribution in [2.75, 3.05) is 27.7 Å². The molecule has 1 aliphatic rings. The normalized spacial score (nSPS) is 13.2. The summed E-state index contributed by atoms with van der Waals surface area (Å²) in [5.41, 5.74) is 25.7. The summed E-state index contributed by atoms with van der Waals surface area (Å²) in [4.78, 5) is 124. The Morgan fingerprint density at radius 3 is 1.16 bits per heavy atom. The van der Waals surface area contributed by atoms with Crippen molar-refractivity contribution in [3.05, 3.63) is 281 Å². The minimum absolute atomic E-state index is 0.00241. The van der Waals surface area contributed by atoms with Crippen LogP contribution in [0.25, 0.3) is 0 Å². The number of nitrogens with two attached hydrogens (primary N) is 3. The lowest BCUT2D eigenvalue weighted by molar-refractivity contribution is -0.142. The topological polar surface area (TPSA) is 390 Å². The van der Waals surface area contributed by atoms with Crippen molar-refractivity contribution in [2.45, 2.75) is 180 Å². The number of amides is 3. The Labute approximate surface area is 724 Å². The van der Waals surface area contributed by atoms with Crippen LogP contribution < -0.4 is 43.8 Å². The third-order valence-corrected chi connectivity index (χ3v) is 19.5. The third kappa shape index (κ3) is 45.2. The van der Waals surface area contributed by atoms with E-state index in [0.717, 1.165) is 53.6 Å². The van der Waals surface area contributed by atoms with E-state index < -0.39 is 54.0 Å². The summed E-state index contributed by atoms with van der Waals surface area (Å²) in [7, 11) is 5.69. The van der Waals surface area contributed by atoms with E-state index in [4.69, 9.17) is 90.5 Å². The molecule has 0 aromatic heterocycles. The molecule has 0 fully saturated rings. The van der Waals surface area contributed by atoms with Crippen LogP contribution in [0.15, 0.2) is 206 Å². The smallest absolute Gasteiger partial charge is 0.326 e. The van der Waals surface area contributed by atoms with E-state index in [2.05, 4.69) is 50.8 Å². The van der Waals surface area contributed by atoms with Crippen LogP contribution in [0.1, 0.15) is 124 Å². The standard InChI is InChI=1S/C13H16ClNO3.C13H17NO3.C12H17NO.C11H14N2O3.C11H13NO.C11H15NO.2C10H11Cl2NO/c1-2-3-12(16)15-11(13(17)18)8-9-4-6-10(14)7-5-9;1-2-6-12(15)14-11(13(16)17)9-10-7-4-3-5-8-10;1-10(14)12(13(2)3)9-11-7-5-4-6-8-11;12-7-10(14)13-9(11(15)16)6-8-4-2-1-3-5-8;1-8(13)11-6-9-4-2-3-5-10(9)7-12-11;1-9(13)11(12-2)8-10-6-4-3-5-7-10;1-6(14)10(13)4-7-2-3-8(11)5-9(7)12;1-6(14)10(13)5-7-2-3-8(11)9(12)4-7/h4-7,11H,2-3,8H2,1H3,(H,15,16)(H,17,18);3-5,7-8,11H,2,6,9H2,1H3,(H,14,15)(H,16,17);4-8,12H,9H2,1-3H3;1-5,9H,6-7,12H2,(H,13,14)(H,15,16);2-5,11-12H,6-7H2,1H3;3-7,11-12H,8H2,1-2H3;2-3,5,10H,4,13H2,1H3;2-4,10H,5,13H2,1H3. The van der Waals surface area contributed by atoms with Crippen LogP contribution in [-0.4, -0.2) is 161 Å². The first-order valence-electron chi connectivity index (χ1n) is 38.6.